The second kappa shape index (κ2) is 4.75. The molecule has 0 radical (unpaired) electrons. The second-order valence-corrected chi connectivity index (χ2v) is 4.88. The van der Waals surface area contributed by atoms with E-state index in [4.69, 9.17) is 5.73 Å². The topological polar surface area (TPSA) is 43.1 Å². The quantitative estimate of drug-likeness (QED) is 0.714. The van der Waals surface area contributed by atoms with Crippen LogP contribution in [0.25, 0.3) is 0 Å². The number of hydrogen-bond donors (Lipinski definition) is 1. The lowest BCUT2D eigenvalue weighted by molar-refractivity contribution is -0.122. The summed E-state index contributed by atoms with van der Waals surface area (Å²) in [5.41, 5.74) is 5.84. The van der Waals surface area contributed by atoms with Gasteiger partial charge in [-0.15, -0.1) is 0 Å². The lowest BCUT2D eigenvalue weighted by Crippen LogP contribution is -2.44. The number of rotatable bonds is 5. The van der Waals surface area contributed by atoms with Crippen molar-refractivity contribution in [3.05, 3.63) is 0 Å². The van der Waals surface area contributed by atoms with E-state index in [1.807, 2.05) is 6.92 Å². The highest BCUT2D eigenvalue weighted by Crippen LogP contribution is 2.28. The molecule has 2 heteroatoms. The van der Waals surface area contributed by atoms with E-state index in [9.17, 15) is 4.79 Å². The van der Waals surface area contributed by atoms with E-state index in [1.165, 1.54) is 0 Å². The highest BCUT2D eigenvalue weighted by atomic mass is 16.1. The first-order chi connectivity index (χ1) is 5.81. The van der Waals surface area contributed by atoms with Crippen molar-refractivity contribution in [2.45, 2.75) is 53.5 Å². The molecule has 2 nitrogen and oxygen atoms in total. The van der Waals surface area contributed by atoms with Crippen LogP contribution in [-0.4, -0.2) is 11.8 Å². The molecule has 0 spiro atoms. The smallest absolute Gasteiger partial charge is 0.149 e. The van der Waals surface area contributed by atoms with E-state index in [1.54, 1.807) is 0 Å². The first kappa shape index (κ1) is 12.6. The van der Waals surface area contributed by atoms with E-state index in [-0.39, 0.29) is 17.2 Å². The molecule has 0 aromatic carbocycles. The zero-order chi connectivity index (χ0) is 10.6. The number of carbonyl (C=O) groups is 1. The number of carbonyl (C=O) groups excluding carboxylic acids is 1. The minimum Gasteiger partial charge on any atom is -0.321 e. The van der Waals surface area contributed by atoms with Crippen LogP contribution in [0.1, 0.15) is 47.5 Å². The Kier molecular flexibility index (Phi) is 4.62. The first-order valence-electron chi connectivity index (χ1n) is 5.09. The van der Waals surface area contributed by atoms with E-state index in [2.05, 4.69) is 27.7 Å². The third-order valence-corrected chi connectivity index (χ3v) is 2.47. The third-order valence-electron chi connectivity index (χ3n) is 2.47. The Balaban J connectivity index is 4.34. The summed E-state index contributed by atoms with van der Waals surface area (Å²) in [7, 11) is 0. The van der Waals surface area contributed by atoms with Crippen LogP contribution in [-0.2, 0) is 4.79 Å². The average molecular weight is 185 g/mol. The molecule has 0 aliphatic rings. The molecule has 0 amide bonds. The van der Waals surface area contributed by atoms with Crippen molar-refractivity contribution < 1.29 is 4.79 Å². The molecule has 0 aromatic rings. The van der Waals surface area contributed by atoms with Gasteiger partial charge in [-0.05, 0) is 17.8 Å². The molecule has 2 N–H and O–H groups in total. The average Bonchev–Trinajstić information content (AvgIpc) is 1.99. The van der Waals surface area contributed by atoms with Crippen molar-refractivity contribution in [1.29, 1.82) is 0 Å². The maximum atomic E-state index is 11.4. The Labute approximate surface area is 81.9 Å². The summed E-state index contributed by atoms with van der Waals surface area (Å²) in [6.07, 6.45) is 1.54. The number of ketones is 1. The van der Waals surface area contributed by atoms with Gasteiger partial charge in [0.1, 0.15) is 5.78 Å². The third kappa shape index (κ3) is 3.90. The summed E-state index contributed by atoms with van der Waals surface area (Å²) < 4.78 is 0. The minimum atomic E-state index is -0.306. The van der Waals surface area contributed by atoms with Crippen molar-refractivity contribution >= 4 is 5.78 Å². The lowest BCUT2D eigenvalue weighted by atomic mass is 9.76. The van der Waals surface area contributed by atoms with Gasteiger partial charge in [0.15, 0.2) is 0 Å². The lowest BCUT2D eigenvalue weighted by Gasteiger charge is -2.32. The first-order valence-corrected chi connectivity index (χ1v) is 5.09. The summed E-state index contributed by atoms with van der Waals surface area (Å²) in [5.74, 6) is 0.761. The Morgan fingerprint density at radius 3 is 2.15 bits per heavy atom. The predicted octanol–water partition coefficient (Wildman–Crippen LogP) is 2.37. The van der Waals surface area contributed by atoms with Crippen molar-refractivity contribution in [2.75, 3.05) is 0 Å². The molecule has 0 bridgehead atoms. The molecule has 1 atom stereocenters. The zero-order valence-corrected chi connectivity index (χ0v) is 9.55. The van der Waals surface area contributed by atoms with Crippen LogP contribution < -0.4 is 5.73 Å². The van der Waals surface area contributed by atoms with Gasteiger partial charge in [0.05, 0.1) is 6.04 Å². The number of Topliss-reactive ketones (excluding diaryl/α,β-unsaturated/α-hetero) is 1. The fourth-order valence-electron chi connectivity index (χ4n) is 1.83. The van der Waals surface area contributed by atoms with Crippen LogP contribution in [0.5, 0.6) is 0 Å². The zero-order valence-electron chi connectivity index (χ0n) is 9.55. The molecule has 0 saturated carbocycles. The Bertz CT molecular complexity index is 173. The molecule has 0 rings (SSSR count). The van der Waals surface area contributed by atoms with Crippen molar-refractivity contribution in [1.82, 2.24) is 0 Å². The summed E-state index contributed by atoms with van der Waals surface area (Å²) in [6.45, 7) is 10.3. The molecule has 0 aromatic heterocycles. The fourth-order valence-corrected chi connectivity index (χ4v) is 1.83. The van der Waals surface area contributed by atoms with Gasteiger partial charge < -0.3 is 5.73 Å². The molecule has 0 heterocycles. The van der Waals surface area contributed by atoms with Crippen LogP contribution in [0.15, 0.2) is 0 Å². The van der Waals surface area contributed by atoms with Crippen LogP contribution in [0.2, 0.25) is 0 Å². The van der Waals surface area contributed by atoms with Crippen LogP contribution in [0.3, 0.4) is 0 Å². The molecular weight excluding hydrogens is 162 g/mol. The van der Waals surface area contributed by atoms with Crippen LogP contribution in [0, 0.1) is 11.3 Å². The largest absolute Gasteiger partial charge is 0.321 e. The van der Waals surface area contributed by atoms with Gasteiger partial charge in [0.25, 0.3) is 0 Å². The summed E-state index contributed by atoms with van der Waals surface area (Å²) in [5, 5.41) is 0. The molecule has 13 heavy (non-hydrogen) atoms. The SMILES string of the molecule is CCC(=O)C(N)C(C)(C)CC(C)C. The van der Waals surface area contributed by atoms with Gasteiger partial charge in [-0.3, -0.25) is 4.79 Å². The van der Waals surface area contributed by atoms with Crippen molar-refractivity contribution in [2.24, 2.45) is 17.1 Å². The second-order valence-electron chi connectivity index (χ2n) is 4.88. The summed E-state index contributed by atoms with van der Waals surface area (Å²) in [4.78, 5) is 11.4. The molecule has 78 valence electrons. The summed E-state index contributed by atoms with van der Waals surface area (Å²) in [6, 6.07) is -0.306. The maximum Gasteiger partial charge on any atom is 0.149 e. The minimum absolute atomic E-state index is 0.0682. The number of hydrogen-bond acceptors (Lipinski definition) is 2. The number of nitrogens with two attached hydrogens (primary N) is 1. The molecule has 0 fully saturated rings. The molecule has 0 aliphatic carbocycles. The van der Waals surface area contributed by atoms with Gasteiger partial charge in [0.2, 0.25) is 0 Å². The Morgan fingerprint density at radius 2 is 1.85 bits per heavy atom. The van der Waals surface area contributed by atoms with Gasteiger partial charge in [-0.2, -0.15) is 0 Å². The van der Waals surface area contributed by atoms with E-state index in [0.29, 0.717) is 12.3 Å². The molecule has 0 aliphatic heterocycles. The van der Waals surface area contributed by atoms with Crippen LogP contribution >= 0.6 is 0 Å². The maximum absolute atomic E-state index is 11.4. The molecule has 1 unspecified atom stereocenters. The van der Waals surface area contributed by atoms with Gasteiger partial charge >= 0.3 is 0 Å². The van der Waals surface area contributed by atoms with Gasteiger partial charge in [-0.1, -0.05) is 34.6 Å². The van der Waals surface area contributed by atoms with E-state index < -0.39 is 0 Å². The van der Waals surface area contributed by atoms with Crippen molar-refractivity contribution in [3.8, 4) is 0 Å². The Morgan fingerprint density at radius 1 is 1.38 bits per heavy atom. The standard InChI is InChI=1S/C11H23NO/c1-6-9(13)10(12)11(4,5)7-8(2)3/h8,10H,6-7,12H2,1-5H3. The normalized spacial score (nSPS) is 14.7. The Hall–Kier alpha value is -0.370. The highest BCUT2D eigenvalue weighted by Gasteiger charge is 2.31. The molecule has 0 saturated heterocycles. The van der Waals surface area contributed by atoms with Crippen LogP contribution in [0.4, 0.5) is 0 Å². The monoisotopic (exact) mass is 185 g/mol. The molecular formula is C11H23NO. The highest BCUT2D eigenvalue weighted by molar-refractivity contribution is 5.84. The van der Waals surface area contributed by atoms with E-state index in [0.717, 1.165) is 6.42 Å². The van der Waals surface area contributed by atoms with Gasteiger partial charge in [-0.25, -0.2) is 0 Å². The summed E-state index contributed by atoms with van der Waals surface area (Å²) >= 11 is 0. The van der Waals surface area contributed by atoms with E-state index >= 15 is 0 Å². The fraction of sp³-hybridized carbons (Fsp3) is 0.909. The van der Waals surface area contributed by atoms with Gasteiger partial charge in [0, 0.05) is 6.42 Å². The van der Waals surface area contributed by atoms with Crippen molar-refractivity contribution in [3.63, 3.8) is 0 Å². The predicted molar refractivity (Wildman–Crippen MR) is 56.5 cm³/mol.